The summed E-state index contributed by atoms with van der Waals surface area (Å²) in [5.74, 6) is 1.66. The Bertz CT molecular complexity index is 555. The monoisotopic (exact) mass is 406 g/mol. The standard InChI is InChI=1S/C25H46N2O2/c1-18-7-8-26(20-9-22(10-20)28-5)17-25(18,4)14-19-13-24(2,3)16-27(15-19)21-11-23(12-21)29-6/h18-23H,7-17H2,1-6H3/t18-,19?,20?,21?,22?,23?,25?/m1/s1. The molecule has 0 spiro atoms. The molecule has 3 atom stereocenters. The molecular formula is C25H46N2O2. The average Bonchev–Trinajstić information content (AvgIpc) is 2.55. The lowest BCUT2D eigenvalue weighted by Crippen LogP contribution is -2.58. The summed E-state index contributed by atoms with van der Waals surface area (Å²) in [6, 6.07) is 1.53. The van der Waals surface area contributed by atoms with Crippen molar-refractivity contribution in [2.24, 2.45) is 22.7 Å². The van der Waals surface area contributed by atoms with Crippen LogP contribution in [0.4, 0.5) is 0 Å². The Morgan fingerprint density at radius 1 is 0.862 bits per heavy atom. The van der Waals surface area contributed by atoms with Crippen LogP contribution in [-0.2, 0) is 9.47 Å². The molecule has 0 radical (unpaired) electrons. The number of hydrogen-bond donors (Lipinski definition) is 0. The van der Waals surface area contributed by atoms with Crippen molar-refractivity contribution in [3.63, 3.8) is 0 Å². The van der Waals surface area contributed by atoms with E-state index in [0.29, 0.717) is 23.0 Å². The fourth-order valence-electron chi connectivity index (χ4n) is 6.97. The summed E-state index contributed by atoms with van der Waals surface area (Å²) in [4.78, 5) is 5.64. The van der Waals surface area contributed by atoms with E-state index in [-0.39, 0.29) is 0 Å². The van der Waals surface area contributed by atoms with Crippen molar-refractivity contribution < 1.29 is 9.47 Å². The summed E-state index contributed by atoms with van der Waals surface area (Å²) in [6.07, 6.45) is 10.1. The lowest BCUT2D eigenvalue weighted by atomic mass is 9.64. The van der Waals surface area contributed by atoms with Crippen LogP contribution in [-0.4, -0.2) is 74.5 Å². The predicted molar refractivity (Wildman–Crippen MR) is 119 cm³/mol. The highest BCUT2D eigenvalue weighted by Crippen LogP contribution is 2.47. The van der Waals surface area contributed by atoms with Gasteiger partial charge in [0.05, 0.1) is 12.2 Å². The van der Waals surface area contributed by atoms with E-state index in [4.69, 9.17) is 9.47 Å². The number of hydrogen-bond acceptors (Lipinski definition) is 4. The van der Waals surface area contributed by atoms with Gasteiger partial charge in [0.25, 0.3) is 0 Å². The Balaban J connectivity index is 1.38. The number of piperidine rings is 2. The van der Waals surface area contributed by atoms with Crippen LogP contribution in [0.3, 0.4) is 0 Å². The highest BCUT2D eigenvalue weighted by Gasteiger charge is 2.46. The molecule has 2 aliphatic carbocycles. The summed E-state index contributed by atoms with van der Waals surface area (Å²) in [5, 5.41) is 0. The summed E-state index contributed by atoms with van der Waals surface area (Å²) in [7, 11) is 3.74. The van der Waals surface area contributed by atoms with Gasteiger partial charge >= 0.3 is 0 Å². The van der Waals surface area contributed by atoms with Gasteiger partial charge in [-0.25, -0.2) is 0 Å². The number of nitrogens with zero attached hydrogens (tertiary/aromatic N) is 2. The molecule has 4 heteroatoms. The van der Waals surface area contributed by atoms with Gasteiger partial charge in [0.15, 0.2) is 0 Å². The predicted octanol–water partition coefficient (Wildman–Crippen LogP) is 4.43. The summed E-state index contributed by atoms with van der Waals surface area (Å²) in [6.45, 7) is 15.3. The zero-order chi connectivity index (χ0) is 20.8. The Kier molecular flexibility index (Phi) is 6.39. The maximum absolute atomic E-state index is 5.56. The van der Waals surface area contributed by atoms with Crippen LogP contribution in [0.1, 0.15) is 72.6 Å². The van der Waals surface area contributed by atoms with Gasteiger partial charge in [-0.1, -0.05) is 27.7 Å². The van der Waals surface area contributed by atoms with E-state index in [1.165, 1.54) is 71.1 Å². The first-order valence-corrected chi connectivity index (χ1v) is 12.2. The minimum absolute atomic E-state index is 0.439. The van der Waals surface area contributed by atoms with Crippen LogP contribution < -0.4 is 0 Å². The van der Waals surface area contributed by atoms with E-state index in [2.05, 4.69) is 37.5 Å². The third-order valence-electron chi connectivity index (χ3n) is 9.16. The van der Waals surface area contributed by atoms with Gasteiger partial charge in [0.2, 0.25) is 0 Å². The minimum atomic E-state index is 0.439. The Hall–Kier alpha value is -0.160. The van der Waals surface area contributed by atoms with Gasteiger partial charge in [-0.05, 0) is 74.2 Å². The van der Waals surface area contributed by atoms with E-state index in [1.54, 1.807) is 0 Å². The quantitative estimate of drug-likeness (QED) is 0.652. The summed E-state index contributed by atoms with van der Waals surface area (Å²) in [5.41, 5.74) is 0.892. The molecule has 2 heterocycles. The van der Waals surface area contributed by atoms with Crippen molar-refractivity contribution in [1.82, 2.24) is 9.80 Å². The van der Waals surface area contributed by atoms with E-state index in [0.717, 1.165) is 23.9 Å². The van der Waals surface area contributed by atoms with E-state index in [1.807, 2.05) is 14.2 Å². The van der Waals surface area contributed by atoms with Crippen molar-refractivity contribution in [3.8, 4) is 0 Å². The Morgan fingerprint density at radius 2 is 1.45 bits per heavy atom. The average molecular weight is 407 g/mol. The molecule has 29 heavy (non-hydrogen) atoms. The lowest BCUT2D eigenvalue weighted by Gasteiger charge is -2.55. The molecule has 2 saturated carbocycles. The molecule has 4 fully saturated rings. The second-order valence-electron chi connectivity index (χ2n) is 12.1. The molecule has 2 unspecified atom stereocenters. The van der Waals surface area contributed by atoms with Crippen LogP contribution >= 0.6 is 0 Å². The fourth-order valence-corrected chi connectivity index (χ4v) is 6.97. The molecule has 0 amide bonds. The second kappa shape index (κ2) is 8.41. The van der Waals surface area contributed by atoms with E-state index in [9.17, 15) is 0 Å². The normalized spacial score (nSPS) is 46.1. The molecule has 4 aliphatic rings. The third kappa shape index (κ3) is 4.71. The first kappa shape index (κ1) is 22.0. The molecule has 2 saturated heterocycles. The minimum Gasteiger partial charge on any atom is -0.381 e. The summed E-state index contributed by atoms with van der Waals surface area (Å²) >= 11 is 0. The molecule has 4 rings (SSSR count). The maximum atomic E-state index is 5.56. The Labute approximate surface area is 179 Å². The molecule has 4 nitrogen and oxygen atoms in total. The third-order valence-corrected chi connectivity index (χ3v) is 9.16. The van der Waals surface area contributed by atoms with Crippen molar-refractivity contribution in [2.45, 2.75) is 96.9 Å². The van der Waals surface area contributed by atoms with Crippen molar-refractivity contribution >= 4 is 0 Å². The van der Waals surface area contributed by atoms with Crippen molar-refractivity contribution in [1.29, 1.82) is 0 Å². The lowest BCUT2D eigenvalue weighted by molar-refractivity contribution is -0.0830. The van der Waals surface area contributed by atoms with Crippen molar-refractivity contribution in [3.05, 3.63) is 0 Å². The second-order valence-corrected chi connectivity index (χ2v) is 12.1. The molecular weight excluding hydrogens is 360 g/mol. The van der Waals surface area contributed by atoms with Crippen LogP contribution in [0.5, 0.6) is 0 Å². The molecule has 0 N–H and O–H groups in total. The first-order chi connectivity index (χ1) is 13.7. The highest BCUT2D eigenvalue weighted by molar-refractivity contribution is 4.99. The largest absolute Gasteiger partial charge is 0.381 e. The van der Waals surface area contributed by atoms with Crippen LogP contribution in [0.15, 0.2) is 0 Å². The van der Waals surface area contributed by atoms with E-state index < -0.39 is 0 Å². The van der Waals surface area contributed by atoms with Gasteiger partial charge in [0, 0.05) is 45.9 Å². The first-order valence-electron chi connectivity index (χ1n) is 12.2. The van der Waals surface area contributed by atoms with Crippen LogP contribution in [0, 0.1) is 22.7 Å². The van der Waals surface area contributed by atoms with Crippen LogP contribution in [0.2, 0.25) is 0 Å². The topological polar surface area (TPSA) is 24.9 Å². The summed E-state index contributed by atoms with van der Waals surface area (Å²) < 4.78 is 11.1. The number of ether oxygens (including phenoxy) is 2. The maximum Gasteiger partial charge on any atom is 0.0601 e. The molecule has 168 valence electrons. The van der Waals surface area contributed by atoms with Crippen LogP contribution in [0.25, 0.3) is 0 Å². The van der Waals surface area contributed by atoms with Gasteiger partial charge < -0.3 is 9.47 Å². The van der Waals surface area contributed by atoms with Crippen molar-refractivity contribution in [2.75, 3.05) is 40.4 Å². The highest BCUT2D eigenvalue weighted by atomic mass is 16.5. The number of likely N-dealkylation sites (tertiary alicyclic amines) is 2. The number of methoxy groups -OCH3 is 2. The SMILES string of the molecule is COC1CC(N2CC(CC3(C)CN(C4CC(OC)C4)CC[C@H]3C)CC(C)(C)C2)C1. The molecule has 0 aromatic heterocycles. The van der Waals surface area contributed by atoms with Gasteiger partial charge in [0.1, 0.15) is 0 Å². The smallest absolute Gasteiger partial charge is 0.0601 e. The molecule has 0 aromatic carbocycles. The molecule has 2 aliphatic heterocycles. The zero-order valence-corrected chi connectivity index (χ0v) is 20.0. The molecule has 0 bridgehead atoms. The van der Waals surface area contributed by atoms with Gasteiger partial charge in [-0.2, -0.15) is 0 Å². The fraction of sp³-hybridized carbons (Fsp3) is 1.00. The zero-order valence-electron chi connectivity index (χ0n) is 20.0. The van der Waals surface area contributed by atoms with Gasteiger partial charge in [-0.3, -0.25) is 9.80 Å². The molecule has 0 aromatic rings. The Morgan fingerprint density at radius 3 is 2.03 bits per heavy atom. The van der Waals surface area contributed by atoms with Gasteiger partial charge in [-0.15, -0.1) is 0 Å². The van der Waals surface area contributed by atoms with E-state index >= 15 is 0 Å². The number of rotatable bonds is 6.